The number of rotatable bonds is 7. The molecule has 0 aromatic carbocycles. The van der Waals surface area contributed by atoms with Crippen molar-refractivity contribution in [3.05, 3.63) is 0 Å². The summed E-state index contributed by atoms with van der Waals surface area (Å²) in [4.78, 5) is 4.98. The number of hydrogen-bond donors (Lipinski definition) is 1. The molecular weight excluding hydrogens is 198 g/mol. The molecule has 1 atom stereocenters. The monoisotopic (exact) mass is 227 g/mol. The van der Waals surface area contributed by atoms with Gasteiger partial charge in [-0.25, -0.2) is 0 Å². The summed E-state index contributed by atoms with van der Waals surface area (Å²) >= 11 is 0. The zero-order valence-corrected chi connectivity index (χ0v) is 11.3. The molecule has 0 aromatic rings. The highest BCUT2D eigenvalue weighted by molar-refractivity contribution is 4.77. The highest BCUT2D eigenvalue weighted by Crippen LogP contribution is 2.12. The van der Waals surface area contributed by atoms with Crippen molar-refractivity contribution >= 4 is 0 Å². The lowest BCUT2D eigenvalue weighted by atomic mass is 10.1. The molecular formula is C13H29N3. The molecule has 1 saturated heterocycles. The number of likely N-dealkylation sites (N-methyl/N-ethyl adjacent to an activating group) is 2. The fourth-order valence-corrected chi connectivity index (χ4v) is 2.36. The molecule has 16 heavy (non-hydrogen) atoms. The third-order valence-corrected chi connectivity index (χ3v) is 3.57. The number of unbranched alkanes of at least 4 members (excludes halogenated alkanes) is 1. The van der Waals surface area contributed by atoms with Crippen LogP contribution in [0.5, 0.6) is 0 Å². The SMILES string of the molecule is CCCCNCCN(C)C1CCCN(C)C1. The molecule has 1 unspecified atom stereocenters. The maximum absolute atomic E-state index is 3.51. The van der Waals surface area contributed by atoms with E-state index >= 15 is 0 Å². The summed E-state index contributed by atoms with van der Waals surface area (Å²) in [5.74, 6) is 0. The second kappa shape index (κ2) is 8.04. The highest BCUT2D eigenvalue weighted by Gasteiger charge is 2.20. The Morgan fingerprint density at radius 3 is 2.88 bits per heavy atom. The van der Waals surface area contributed by atoms with Gasteiger partial charge in [-0.3, -0.25) is 0 Å². The Kier molecular flexibility index (Phi) is 7.01. The number of nitrogens with one attached hydrogen (secondary N) is 1. The summed E-state index contributed by atoms with van der Waals surface area (Å²) in [6, 6.07) is 0.770. The lowest BCUT2D eigenvalue weighted by Crippen LogP contribution is -2.46. The Bertz CT molecular complexity index is 173. The number of likely N-dealkylation sites (tertiary alicyclic amines) is 1. The highest BCUT2D eigenvalue weighted by atomic mass is 15.2. The molecule has 1 aliphatic rings. The zero-order chi connectivity index (χ0) is 11.8. The molecule has 0 saturated carbocycles. The second-order valence-corrected chi connectivity index (χ2v) is 5.14. The fourth-order valence-electron chi connectivity index (χ4n) is 2.36. The Morgan fingerprint density at radius 2 is 2.19 bits per heavy atom. The first-order chi connectivity index (χ1) is 7.74. The van der Waals surface area contributed by atoms with Crippen LogP contribution in [0.4, 0.5) is 0 Å². The van der Waals surface area contributed by atoms with Crippen molar-refractivity contribution in [2.75, 3.05) is 46.8 Å². The Morgan fingerprint density at radius 1 is 1.38 bits per heavy atom. The summed E-state index contributed by atoms with van der Waals surface area (Å²) in [7, 11) is 4.50. The topological polar surface area (TPSA) is 18.5 Å². The van der Waals surface area contributed by atoms with Crippen LogP contribution in [0.1, 0.15) is 32.6 Å². The minimum absolute atomic E-state index is 0.770. The van der Waals surface area contributed by atoms with Crippen molar-refractivity contribution in [2.45, 2.75) is 38.6 Å². The van der Waals surface area contributed by atoms with Crippen molar-refractivity contribution in [2.24, 2.45) is 0 Å². The van der Waals surface area contributed by atoms with E-state index in [-0.39, 0.29) is 0 Å². The molecule has 0 aliphatic carbocycles. The molecule has 0 spiro atoms. The normalized spacial score (nSPS) is 22.9. The first kappa shape index (κ1) is 13.9. The predicted octanol–water partition coefficient (Wildman–Crippen LogP) is 1.40. The molecule has 3 heteroatoms. The summed E-state index contributed by atoms with van der Waals surface area (Å²) < 4.78 is 0. The molecule has 1 heterocycles. The van der Waals surface area contributed by atoms with Crippen LogP contribution in [-0.4, -0.2) is 62.7 Å². The van der Waals surface area contributed by atoms with Crippen molar-refractivity contribution in [1.29, 1.82) is 0 Å². The first-order valence-corrected chi connectivity index (χ1v) is 6.83. The molecule has 96 valence electrons. The van der Waals surface area contributed by atoms with Crippen molar-refractivity contribution < 1.29 is 0 Å². The van der Waals surface area contributed by atoms with E-state index in [1.54, 1.807) is 0 Å². The van der Waals surface area contributed by atoms with E-state index in [9.17, 15) is 0 Å². The molecule has 0 aromatic heterocycles. The minimum Gasteiger partial charge on any atom is -0.315 e. The van der Waals surface area contributed by atoms with E-state index < -0.39 is 0 Å². The molecule has 1 aliphatic heterocycles. The third kappa shape index (κ3) is 5.28. The van der Waals surface area contributed by atoms with Crippen LogP contribution in [0, 0.1) is 0 Å². The van der Waals surface area contributed by atoms with Crippen LogP contribution in [-0.2, 0) is 0 Å². The standard InChI is InChI=1S/C13H29N3/c1-4-5-8-14-9-11-16(3)13-7-6-10-15(2)12-13/h13-14H,4-12H2,1-3H3. The third-order valence-electron chi connectivity index (χ3n) is 3.57. The Labute approximate surface area is 101 Å². The van der Waals surface area contributed by atoms with Crippen LogP contribution in [0.2, 0.25) is 0 Å². The van der Waals surface area contributed by atoms with Crippen LogP contribution >= 0.6 is 0 Å². The van der Waals surface area contributed by atoms with Gasteiger partial charge in [0.15, 0.2) is 0 Å². The van der Waals surface area contributed by atoms with E-state index in [2.05, 4.69) is 36.1 Å². The second-order valence-electron chi connectivity index (χ2n) is 5.14. The average Bonchev–Trinajstić information content (AvgIpc) is 2.28. The zero-order valence-electron chi connectivity index (χ0n) is 11.3. The summed E-state index contributed by atoms with van der Waals surface area (Å²) in [6.07, 6.45) is 5.32. The number of piperidine rings is 1. The molecule has 0 radical (unpaired) electrons. The first-order valence-electron chi connectivity index (χ1n) is 6.83. The van der Waals surface area contributed by atoms with Gasteiger partial charge >= 0.3 is 0 Å². The number of hydrogen-bond acceptors (Lipinski definition) is 3. The molecule has 0 bridgehead atoms. The van der Waals surface area contributed by atoms with Gasteiger partial charge in [0, 0.05) is 25.7 Å². The smallest absolute Gasteiger partial charge is 0.0221 e. The minimum atomic E-state index is 0.770. The molecule has 0 amide bonds. The quantitative estimate of drug-likeness (QED) is 0.663. The molecule has 1 fully saturated rings. The van der Waals surface area contributed by atoms with Crippen molar-refractivity contribution in [3.63, 3.8) is 0 Å². The van der Waals surface area contributed by atoms with Gasteiger partial charge in [0.2, 0.25) is 0 Å². The maximum Gasteiger partial charge on any atom is 0.0221 e. The predicted molar refractivity (Wildman–Crippen MR) is 70.9 cm³/mol. The maximum atomic E-state index is 3.51. The van der Waals surface area contributed by atoms with Gasteiger partial charge in [0.25, 0.3) is 0 Å². The van der Waals surface area contributed by atoms with E-state index in [1.165, 1.54) is 51.9 Å². The van der Waals surface area contributed by atoms with E-state index in [0.29, 0.717) is 0 Å². The van der Waals surface area contributed by atoms with Gasteiger partial charge in [-0.1, -0.05) is 13.3 Å². The van der Waals surface area contributed by atoms with Gasteiger partial charge in [-0.2, -0.15) is 0 Å². The van der Waals surface area contributed by atoms with Gasteiger partial charge in [0.1, 0.15) is 0 Å². The van der Waals surface area contributed by atoms with Gasteiger partial charge in [-0.05, 0) is 46.4 Å². The van der Waals surface area contributed by atoms with Gasteiger partial charge < -0.3 is 15.1 Å². The summed E-state index contributed by atoms with van der Waals surface area (Å²) in [6.45, 7) is 8.25. The molecule has 3 nitrogen and oxygen atoms in total. The average molecular weight is 227 g/mol. The number of nitrogens with zero attached hydrogens (tertiary/aromatic N) is 2. The molecule has 1 N–H and O–H groups in total. The van der Waals surface area contributed by atoms with E-state index in [4.69, 9.17) is 0 Å². The van der Waals surface area contributed by atoms with Crippen molar-refractivity contribution in [3.8, 4) is 0 Å². The van der Waals surface area contributed by atoms with E-state index in [1.807, 2.05) is 0 Å². The van der Waals surface area contributed by atoms with E-state index in [0.717, 1.165) is 12.6 Å². The lowest BCUT2D eigenvalue weighted by molar-refractivity contribution is 0.135. The summed E-state index contributed by atoms with van der Waals surface area (Å²) in [5.41, 5.74) is 0. The van der Waals surface area contributed by atoms with Gasteiger partial charge in [0.05, 0.1) is 0 Å². The molecule has 1 rings (SSSR count). The van der Waals surface area contributed by atoms with Crippen LogP contribution in [0.3, 0.4) is 0 Å². The fraction of sp³-hybridized carbons (Fsp3) is 1.00. The lowest BCUT2D eigenvalue weighted by Gasteiger charge is -2.35. The van der Waals surface area contributed by atoms with Gasteiger partial charge in [-0.15, -0.1) is 0 Å². The largest absolute Gasteiger partial charge is 0.315 e. The Balaban J connectivity index is 2.06. The Hall–Kier alpha value is -0.120. The van der Waals surface area contributed by atoms with Crippen LogP contribution in [0.25, 0.3) is 0 Å². The van der Waals surface area contributed by atoms with Crippen molar-refractivity contribution in [1.82, 2.24) is 15.1 Å². The van der Waals surface area contributed by atoms with Crippen LogP contribution in [0.15, 0.2) is 0 Å². The summed E-state index contributed by atoms with van der Waals surface area (Å²) in [5, 5.41) is 3.51. The van der Waals surface area contributed by atoms with Crippen LogP contribution < -0.4 is 5.32 Å².